The Balaban J connectivity index is 2.49. The quantitative estimate of drug-likeness (QED) is 0.863. The zero-order chi connectivity index (χ0) is 10.8. The number of halogens is 1. The summed E-state index contributed by atoms with van der Waals surface area (Å²) < 4.78 is 0.730. The molecule has 1 aromatic rings. The number of aryl methyl sites for hydroxylation is 1. The van der Waals surface area contributed by atoms with Crippen LogP contribution in [0, 0.1) is 0 Å². The van der Waals surface area contributed by atoms with Crippen molar-refractivity contribution in [2.24, 2.45) is 4.99 Å². The van der Waals surface area contributed by atoms with Crippen molar-refractivity contribution in [3.05, 3.63) is 27.7 Å². The number of phenols is 1. The monoisotopic (exact) mass is 268 g/mol. The molecular formula is C11H13BrN2O. The van der Waals surface area contributed by atoms with Crippen LogP contribution in [-0.4, -0.2) is 24.0 Å². The lowest BCUT2D eigenvalue weighted by molar-refractivity contribution is 0.470. The van der Waals surface area contributed by atoms with Crippen molar-refractivity contribution in [3.8, 4) is 5.75 Å². The van der Waals surface area contributed by atoms with Crippen molar-refractivity contribution in [3.63, 3.8) is 0 Å². The van der Waals surface area contributed by atoms with Gasteiger partial charge in [-0.3, -0.25) is 4.99 Å². The lowest BCUT2D eigenvalue weighted by Gasteiger charge is -2.09. The molecule has 3 nitrogen and oxygen atoms in total. The number of hydrogen-bond donors (Lipinski definition) is 2. The van der Waals surface area contributed by atoms with Gasteiger partial charge in [0.25, 0.3) is 0 Å². The molecule has 1 aromatic carbocycles. The predicted molar refractivity (Wildman–Crippen MR) is 64.6 cm³/mol. The first kappa shape index (κ1) is 10.5. The molecule has 0 bridgehead atoms. The largest absolute Gasteiger partial charge is 0.506 e. The van der Waals surface area contributed by atoms with Gasteiger partial charge < -0.3 is 10.4 Å². The topological polar surface area (TPSA) is 44.6 Å². The zero-order valence-corrected chi connectivity index (χ0v) is 10.1. The molecule has 1 aliphatic rings. The van der Waals surface area contributed by atoms with E-state index in [1.165, 1.54) is 5.56 Å². The molecule has 4 heteroatoms. The number of nitrogens with zero attached hydrogens (tertiary/aromatic N) is 1. The van der Waals surface area contributed by atoms with Crippen LogP contribution < -0.4 is 5.32 Å². The molecule has 0 saturated heterocycles. The van der Waals surface area contributed by atoms with E-state index in [9.17, 15) is 5.11 Å². The minimum absolute atomic E-state index is 0.264. The van der Waals surface area contributed by atoms with Crippen molar-refractivity contribution >= 4 is 21.8 Å². The van der Waals surface area contributed by atoms with Gasteiger partial charge in [-0.1, -0.05) is 6.92 Å². The van der Waals surface area contributed by atoms with E-state index in [1.54, 1.807) is 0 Å². The lowest BCUT2D eigenvalue weighted by Crippen LogP contribution is -2.19. The molecular weight excluding hydrogens is 256 g/mol. The maximum absolute atomic E-state index is 9.91. The Morgan fingerprint density at radius 1 is 1.53 bits per heavy atom. The molecule has 0 unspecified atom stereocenters. The highest BCUT2D eigenvalue weighted by Gasteiger charge is 2.15. The van der Waals surface area contributed by atoms with Crippen LogP contribution >= 0.6 is 15.9 Å². The van der Waals surface area contributed by atoms with Crippen LogP contribution in [0.5, 0.6) is 5.75 Å². The van der Waals surface area contributed by atoms with Gasteiger partial charge >= 0.3 is 0 Å². The molecule has 1 aliphatic heterocycles. The Morgan fingerprint density at radius 2 is 2.33 bits per heavy atom. The van der Waals surface area contributed by atoms with Crippen molar-refractivity contribution < 1.29 is 5.11 Å². The lowest BCUT2D eigenvalue weighted by atomic mass is 10.1. The van der Waals surface area contributed by atoms with Crippen LogP contribution in [0.3, 0.4) is 0 Å². The van der Waals surface area contributed by atoms with E-state index in [1.807, 2.05) is 12.1 Å². The van der Waals surface area contributed by atoms with Gasteiger partial charge in [-0.05, 0) is 40.0 Å². The van der Waals surface area contributed by atoms with Gasteiger partial charge in [-0.25, -0.2) is 0 Å². The van der Waals surface area contributed by atoms with Gasteiger partial charge in [0.1, 0.15) is 11.6 Å². The molecule has 0 amide bonds. The fraction of sp³-hybridized carbons (Fsp3) is 0.364. The average Bonchev–Trinajstić information content (AvgIpc) is 2.75. The fourth-order valence-electron chi connectivity index (χ4n) is 1.62. The second-order valence-corrected chi connectivity index (χ2v) is 4.34. The van der Waals surface area contributed by atoms with Crippen LogP contribution in [0.1, 0.15) is 18.1 Å². The molecule has 2 N–H and O–H groups in total. The number of amidine groups is 1. The number of aromatic hydroxyl groups is 1. The second kappa shape index (κ2) is 4.23. The second-order valence-electron chi connectivity index (χ2n) is 3.48. The van der Waals surface area contributed by atoms with Crippen LogP contribution in [0.2, 0.25) is 0 Å². The third-order valence-electron chi connectivity index (χ3n) is 2.46. The highest BCUT2D eigenvalue weighted by molar-refractivity contribution is 9.10. The van der Waals surface area contributed by atoms with E-state index < -0.39 is 0 Å². The molecule has 0 saturated carbocycles. The first-order valence-electron chi connectivity index (χ1n) is 5.02. The standard InChI is InChI=1S/C11H13BrN2O/c1-2-7-5-8(10(15)9(12)6-7)11-13-3-4-14-11/h5-6,15H,2-4H2,1H3,(H,13,14). The summed E-state index contributed by atoms with van der Waals surface area (Å²) >= 11 is 3.35. The predicted octanol–water partition coefficient (Wildman–Crippen LogP) is 2.07. The van der Waals surface area contributed by atoms with E-state index in [-0.39, 0.29) is 5.75 Å². The number of rotatable bonds is 2. The molecule has 15 heavy (non-hydrogen) atoms. The maximum atomic E-state index is 9.91. The molecule has 0 aromatic heterocycles. The highest BCUT2D eigenvalue weighted by atomic mass is 79.9. The summed E-state index contributed by atoms with van der Waals surface area (Å²) in [7, 11) is 0. The summed E-state index contributed by atoms with van der Waals surface area (Å²) in [5.41, 5.74) is 1.98. The number of aliphatic imine (C=N–C) groups is 1. The van der Waals surface area contributed by atoms with E-state index in [2.05, 4.69) is 33.2 Å². The average molecular weight is 269 g/mol. The smallest absolute Gasteiger partial charge is 0.140 e. The zero-order valence-electron chi connectivity index (χ0n) is 8.55. The number of hydrogen-bond acceptors (Lipinski definition) is 3. The molecule has 2 rings (SSSR count). The van der Waals surface area contributed by atoms with E-state index >= 15 is 0 Å². The van der Waals surface area contributed by atoms with E-state index in [0.717, 1.165) is 35.4 Å². The highest BCUT2D eigenvalue weighted by Crippen LogP contribution is 2.30. The van der Waals surface area contributed by atoms with Gasteiger partial charge in [0.05, 0.1) is 16.6 Å². The van der Waals surface area contributed by atoms with Crippen molar-refractivity contribution in [1.82, 2.24) is 5.32 Å². The summed E-state index contributed by atoms with van der Waals surface area (Å²) in [6.45, 7) is 3.72. The van der Waals surface area contributed by atoms with E-state index in [4.69, 9.17) is 0 Å². The third kappa shape index (κ3) is 2.00. The first-order chi connectivity index (χ1) is 7.22. The number of benzene rings is 1. The normalized spacial score (nSPS) is 14.9. The molecule has 0 fully saturated rings. The summed E-state index contributed by atoms with van der Waals surface area (Å²) in [4.78, 5) is 4.31. The van der Waals surface area contributed by atoms with Crippen LogP contribution in [-0.2, 0) is 6.42 Å². The Kier molecular flexibility index (Phi) is 2.95. The van der Waals surface area contributed by atoms with Gasteiger partial charge in [0.2, 0.25) is 0 Å². The summed E-state index contributed by atoms with van der Waals surface area (Å²) in [5.74, 6) is 1.06. The molecule has 0 aliphatic carbocycles. The Bertz CT molecular complexity index is 415. The van der Waals surface area contributed by atoms with Crippen LogP contribution in [0.15, 0.2) is 21.6 Å². The molecule has 0 atom stereocenters. The Morgan fingerprint density at radius 3 is 2.93 bits per heavy atom. The van der Waals surface area contributed by atoms with Gasteiger partial charge in [-0.15, -0.1) is 0 Å². The summed E-state index contributed by atoms with van der Waals surface area (Å²) in [6, 6.07) is 3.92. The van der Waals surface area contributed by atoms with Crippen molar-refractivity contribution in [2.75, 3.05) is 13.1 Å². The Labute approximate surface area is 97.4 Å². The van der Waals surface area contributed by atoms with Gasteiger partial charge in [0, 0.05) is 6.54 Å². The van der Waals surface area contributed by atoms with Crippen molar-refractivity contribution in [2.45, 2.75) is 13.3 Å². The van der Waals surface area contributed by atoms with Crippen LogP contribution in [0.25, 0.3) is 0 Å². The Hall–Kier alpha value is -1.03. The minimum atomic E-state index is 0.264. The molecule has 0 spiro atoms. The SMILES string of the molecule is CCc1cc(Br)c(O)c(C2=NCCN2)c1. The number of phenolic OH excluding ortho intramolecular Hbond substituents is 1. The molecule has 1 heterocycles. The van der Waals surface area contributed by atoms with E-state index in [0.29, 0.717) is 0 Å². The van der Waals surface area contributed by atoms with Crippen molar-refractivity contribution in [1.29, 1.82) is 0 Å². The van der Waals surface area contributed by atoms with Crippen LogP contribution in [0.4, 0.5) is 0 Å². The third-order valence-corrected chi connectivity index (χ3v) is 3.07. The van der Waals surface area contributed by atoms with Gasteiger partial charge in [-0.2, -0.15) is 0 Å². The fourth-order valence-corrected chi connectivity index (χ4v) is 2.13. The molecule has 0 radical (unpaired) electrons. The summed E-state index contributed by atoms with van der Waals surface area (Å²) in [5, 5.41) is 13.1. The minimum Gasteiger partial charge on any atom is -0.506 e. The summed E-state index contributed by atoms with van der Waals surface area (Å²) in [6.07, 6.45) is 0.944. The first-order valence-corrected chi connectivity index (χ1v) is 5.81. The van der Waals surface area contributed by atoms with Gasteiger partial charge in [0.15, 0.2) is 0 Å². The number of nitrogens with one attached hydrogen (secondary N) is 1. The molecule has 80 valence electrons. The maximum Gasteiger partial charge on any atom is 0.140 e.